The summed E-state index contributed by atoms with van der Waals surface area (Å²) in [5.74, 6) is 0.496. The number of ketones is 1. The number of nitriles is 1. The molecule has 2 aliphatic carbocycles. The van der Waals surface area contributed by atoms with Crippen molar-refractivity contribution >= 4 is 5.78 Å². The molecule has 0 N–H and O–H groups in total. The number of hydrogen-bond acceptors (Lipinski definition) is 2. The van der Waals surface area contributed by atoms with E-state index in [0.29, 0.717) is 18.8 Å². The van der Waals surface area contributed by atoms with E-state index in [-0.39, 0.29) is 11.2 Å². The topological polar surface area (TPSA) is 40.9 Å². The molecule has 0 amide bonds. The Bertz CT molecular complexity index is 341. The predicted molar refractivity (Wildman–Crippen MR) is 53.3 cm³/mol. The van der Waals surface area contributed by atoms with Crippen LogP contribution in [0.2, 0.25) is 0 Å². The van der Waals surface area contributed by atoms with Crippen molar-refractivity contribution in [2.75, 3.05) is 0 Å². The molecule has 3 atom stereocenters. The molecule has 0 aromatic heterocycles. The molecule has 2 fully saturated rings. The Morgan fingerprint density at radius 3 is 2.93 bits per heavy atom. The molecule has 2 rings (SSSR count). The van der Waals surface area contributed by atoms with Gasteiger partial charge in [0.25, 0.3) is 0 Å². The quantitative estimate of drug-likeness (QED) is 0.594. The van der Waals surface area contributed by atoms with Crippen LogP contribution in [0, 0.1) is 28.1 Å². The maximum Gasteiger partial charge on any atom is 0.153 e. The first-order chi connectivity index (χ1) is 6.56. The summed E-state index contributed by atoms with van der Waals surface area (Å²) in [4.78, 5) is 11.8. The van der Waals surface area contributed by atoms with Gasteiger partial charge >= 0.3 is 0 Å². The first-order valence-electron chi connectivity index (χ1n) is 5.13. The second kappa shape index (κ2) is 2.70. The average molecular weight is 189 g/mol. The van der Waals surface area contributed by atoms with E-state index in [1.165, 1.54) is 0 Å². The van der Waals surface area contributed by atoms with Gasteiger partial charge in [-0.05, 0) is 30.6 Å². The first kappa shape index (κ1) is 9.45. The van der Waals surface area contributed by atoms with Crippen LogP contribution in [0.15, 0.2) is 12.7 Å². The number of hydrogen-bond donors (Lipinski definition) is 0. The molecule has 2 heteroatoms. The van der Waals surface area contributed by atoms with Crippen LogP contribution in [0.1, 0.15) is 32.6 Å². The van der Waals surface area contributed by atoms with Gasteiger partial charge in [0, 0.05) is 6.42 Å². The fourth-order valence-corrected chi connectivity index (χ4v) is 3.15. The fourth-order valence-electron chi connectivity index (χ4n) is 3.15. The van der Waals surface area contributed by atoms with E-state index in [4.69, 9.17) is 5.26 Å². The molecular formula is C12H15NO. The van der Waals surface area contributed by atoms with Crippen LogP contribution in [0.5, 0.6) is 0 Å². The summed E-state index contributed by atoms with van der Waals surface area (Å²) >= 11 is 0. The summed E-state index contributed by atoms with van der Waals surface area (Å²) in [6.07, 6.45) is 4.87. The zero-order chi connectivity index (χ0) is 10.4. The van der Waals surface area contributed by atoms with Crippen molar-refractivity contribution in [1.29, 1.82) is 5.26 Å². The van der Waals surface area contributed by atoms with Gasteiger partial charge in [0.1, 0.15) is 5.41 Å². The van der Waals surface area contributed by atoms with Crippen LogP contribution >= 0.6 is 0 Å². The van der Waals surface area contributed by atoms with Gasteiger partial charge in [0.2, 0.25) is 0 Å². The van der Waals surface area contributed by atoms with Crippen molar-refractivity contribution in [2.24, 2.45) is 16.7 Å². The highest BCUT2D eigenvalue weighted by atomic mass is 16.1. The highest BCUT2D eigenvalue weighted by molar-refractivity contribution is 5.89. The molecule has 2 bridgehead atoms. The second-order valence-electron chi connectivity index (χ2n) is 4.99. The molecule has 0 spiro atoms. The summed E-state index contributed by atoms with van der Waals surface area (Å²) in [5, 5.41) is 9.16. The molecule has 2 aliphatic rings. The van der Waals surface area contributed by atoms with Gasteiger partial charge < -0.3 is 0 Å². The van der Waals surface area contributed by atoms with E-state index in [2.05, 4.69) is 19.6 Å². The van der Waals surface area contributed by atoms with Crippen LogP contribution in [-0.2, 0) is 4.79 Å². The van der Waals surface area contributed by atoms with Crippen LogP contribution in [0.4, 0.5) is 0 Å². The maximum atomic E-state index is 11.8. The molecule has 0 aromatic carbocycles. The normalized spacial score (nSPS) is 46.0. The summed E-state index contributed by atoms with van der Waals surface area (Å²) in [6.45, 7) is 6.00. The molecule has 2 nitrogen and oxygen atoms in total. The van der Waals surface area contributed by atoms with Crippen molar-refractivity contribution < 1.29 is 4.79 Å². The van der Waals surface area contributed by atoms with Gasteiger partial charge in [0.15, 0.2) is 5.78 Å². The van der Waals surface area contributed by atoms with Gasteiger partial charge in [-0.1, -0.05) is 13.0 Å². The Morgan fingerprint density at radius 1 is 1.71 bits per heavy atom. The van der Waals surface area contributed by atoms with Crippen molar-refractivity contribution in [1.82, 2.24) is 0 Å². The summed E-state index contributed by atoms with van der Waals surface area (Å²) in [5.41, 5.74) is -0.531. The molecule has 2 saturated carbocycles. The zero-order valence-corrected chi connectivity index (χ0v) is 8.55. The van der Waals surface area contributed by atoms with E-state index >= 15 is 0 Å². The number of Topliss-reactive ketones (excluding diaryl/α,β-unsaturated/α-hetero) is 1. The summed E-state index contributed by atoms with van der Waals surface area (Å²) in [7, 11) is 0. The van der Waals surface area contributed by atoms with Gasteiger partial charge in [-0.25, -0.2) is 0 Å². The number of nitrogens with zero attached hydrogens (tertiary/aromatic N) is 1. The lowest BCUT2D eigenvalue weighted by Gasteiger charge is -2.33. The molecule has 0 saturated heterocycles. The lowest BCUT2D eigenvalue weighted by molar-refractivity contribution is -0.128. The van der Waals surface area contributed by atoms with Gasteiger partial charge in [-0.15, -0.1) is 6.58 Å². The van der Waals surface area contributed by atoms with Crippen LogP contribution in [-0.4, -0.2) is 5.78 Å². The third-order valence-electron chi connectivity index (χ3n) is 4.12. The van der Waals surface area contributed by atoms with Crippen LogP contribution in [0.3, 0.4) is 0 Å². The Kier molecular flexibility index (Phi) is 1.82. The van der Waals surface area contributed by atoms with Gasteiger partial charge in [0.05, 0.1) is 6.07 Å². The lowest BCUT2D eigenvalue weighted by Crippen LogP contribution is -2.33. The van der Waals surface area contributed by atoms with Gasteiger partial charge in [-0.2, -0.15) is 5.26 Å². The number of carbonyl (C=O) groups is 1. The molecular weight excluding hydrogens is 174 g/mol. The lowest BCUT2D eigenvalue weighted by atomic mass is 9.68. The third-order valence-corrected chi connectivity index (χ3v) is 4.12. The van der Waals surface area contributed by atoms with Gasteiger partial charge in [-0.3, -0.25) is 4.79 Å². The Labute approximate surface area is 84.6 Å². The minimum absolute atomic E-state index is 0.144. The van der Waals surface area contributed by atoms with Crippen LogP contribution < -0.4 is 0 Å². The molecule has 0 aromatic rings. The predicted octanol–water partition coefficient (Wildman–Crippen LogP) is 2.46. The Balaban J connectivity index is 2.43. The monoisotopic (exact) mass is 189 g/mol. The minimum atomic E-state index is -0.675. The summed E-state index contributed by atoms with van der Waals surface area (Å²) in [6, 6.07) is 2.25. The third kappa shape index (κ3) is 0.987. The highest BCUT2D eigenvalue weighted by Gasteiger charge is 2.58. The molecule has 1 unspecified atom stereocenters. The molecule has 74 valence electrons. The Hall–Kier alpha value is -1.10. The molecule has 0 radical (unpaired) electrons. The van der Waals surface area contributed by atoms with E-state index in [0.717, 1.165) is 12.8 Å². The highest BCUT2D eigenvalue weighted by Crippen LogP contribution is 2.59. The molecule has 0 heterocycles. The van der Waals surface area contributed by atoms with Crippen LogP contribution in [0.25, 0.3) is 0 Å². The Morgan fingerprint density at radius 2 is 2.43 bits per heavy atom. The van der Waals surface area contributed by atoms with Crippen molar-refractivity contribution in [3.05, 3.63) is 12.7 Å². The minimum Gasteiger partial charge on any atom is -0.298 e. The molecule has 14 heavy (non-hydrogen) atoms. The van der Waals surface area contributed by atoms with Crippen molar-refractivity contribution in [2.45, 2.75) is 32.6 Å². The number of carbonyl (C=O) groups excluding carboxylic acids is 1. The van der Waals surface area contributed by atoms with E-state index in [1.54, 1.807) is 0 Å². The zero-order valence-electron chi connectivity index (χ0n) is 8.55. The number of allylic oxidation sites excluding steroid dienone is 1. The maximum absolute atomic E-state index is 11.8. The molecule has 0 aliphatic heterocycles. The van der Waals surface area contributed by atoms with E-state index < -0.39 is 5.41 Å². The SMILES string of the molecule is C=CC1C[C@]2(C#N)C[C@@]1(C)CCC2=O. The van der Waals surface area contributed by atoms with E-state index in [9.17, 15) is 4.79 Å². The fraction of sp³-hybridized carbons (Fsp3) is 0.667. The largest absolute Gasteiger partial charge is 0.298 e. The average Bonchev–Trinajstić information content (AvgIpc) is 2.44. The van der Waals surface area contributed by atoms with Crippen molar-refractivity contribution in [3.8, 4) is 6.07 Å². The van der Waals surface area contributed by atoms with Crippen molar-refractivity contribution in [3.63, 3.8) is 0 Å². The summed E-state index contributed by atoms with van der Waals surface area (Å²) < 4.78 is 0. The number of rotatable bonds is 1. The number of fused-ring (bicyclic) bond motifs is 2. The first-order valence-corrected chi connectivity index (χ1v) is 5.13. The smallest absolute Gasteiger partial charge is 0.153 e. The standard InChI is InChI=1S/C12H15NO/c1-3-9-6-12(8-13)7-11(9,2)5-4-10(12)14/h3,9H,1,4-7H2,2H3/t9?,11-,12-/m1/s1. The second-order valence-corrected chi connectivity index (χ2v) is 4.99. The van der Waals surface area contributed by atoms with E-state index in [1.807, 2.05) is 6.08 Å².